The van der Waals surface area contributed by atoms with E-state index in [2.05, 4.69) is 26.0 Å². The predicted molar refractivity (Wildman–Crippen MR) is 272 cm³/mol. The SMILES string of the molecule is CCCCCCCCCCCCCCCCCCCC/C=C/CCCC(=O)O[C@H](COC(=O)CCCCCCCCCCCCCCCCCC)COP(=O)(O)OC1C(O)C(O)C(O)[C@@H](O)C1O. The van der Waals surface area contributed by atoms with Crippen LogP contribution in [-0.2, 0) is 32.7 Å². The van der Waals surface area contributed by atoms with Crippen molar-refractivity contribution >= 4 is 19.8 Å². The molecule has 13 nitrogen and oxygen atoms in total. The molecule has 1 aliphatic carbocycles. The van der Waals surface area contributed by atoms with Crippen LogP contribution in [0.4, 0.5) is 0 Å². The summed E-state index contributed by atoms with van der Waals surface area (Å²) in [5.41, 5.74) is 0. The molecule has 6 N–H and O–H groups in total. The van der Waals surface area contributed by atoms with E-state index in [1.807, 2.05) is 0 Å². The maximum absolute atomic E-state index is 12.9. The molecule has 0 spiro atoms. The van der Waals surface area contributed by atoms with Crippen LogP contribution in [0.2, 0.25) is 0 Å². The Morgan fingerprint density at radius 3 is 1.16 bits per heavy atom. The zero-order chi connectivity index (χ0) is 49.9. The van der Waals surface area contributed by atoms with Gasteiger partial charge in [-0.1, -0.05) is 231 Å². The van der Waals surface area contributed by atoms with Crippen molar-refractivity contribution in [2.45, 2.75) is 307 Å². The molecule has 1 aliphatic rings. The number of hydrogen-bond acceptors (Lipinski definition) is 12. The molecule has 402 valence electrons. The molecule has 1 fully saturated rings. The number of aliphatic hydroxyl groups is 5. The number of aliphatic hydroxyl groups excluding tert-OH is 5. The number of carbonyl (C=O) groups is 2. The molecule has 0 amide bonds. The van der Waals surface area contributed by atoms with E-state index in [4.69, 9.17) is 18.5 Å². The molecule has 1 rings (SSSR count). The molecule has 68 heavy (non-hydrogen) atoms. The van der Waals surface area contributed by atoms with Crippen LogP contribution in [0.25, 0.3) is 0 Å². The van der Waals surface area contributed by atoms with Gasteiger partial charge in [0.05, 0.1) is 6.61 Å². The third-order valence-electron chi connectivity index (χ3n) is 13.4. The van der Waals surface area contributed by atoms with Crippen molar-refractivity contribution in [3.63, 3.8) is 0 Å². The van der Waals surface area contributed by atoms with E-state index in [1.54, 1.807) is 0 Å². The predicted octanol–water partition coefficient (Wildman–Crippen LogP) is 12.6. The van der Waals surface area contributed by atoms with E-state index < -0.39 is 75.7 Å². The second-order valence-electron chi connectivity index (χ2n) is 19.8. The zero-order valence-electron chi connectivity index (χ0n) is 43.2. The van der Waals surface area contributed by atoms with E-state index in [9.17, 15) is 44.6 Å². The van der Waals surface area contributed by atoms with Crippen LogP contribution >= 0.6 is 7.82 Å². The lowest BCUT2D eigenvalue weighted by Gasteiger charge is -2.41. The average Bonchev–Trinajstić information content (AvgIpc) is 3.32. The Kier molecular flexibility index (Phi) is 42.1. The number of esters is 2. The van der Waals surface area contributed by atoms with Gasteiger partial charge in [0.25, 0.3) is 0 Å². The lowest BCUT2D eigenvalue weighted by molar-refractivity contribution is -0.220. The van der Waals surface area contributed by atoms with E-state index in [-0.39, 0.29) is 12.8 Å². The van der Waals surface area contributed by atoms with Crippen LogP contribution in [0.3, 0.4) is 0 Å². The summed E-state index contributed by atoms with van der Waals surface area (Å²) in [7, 11) is -5.13. The lowest BCUT2D eigenvalue weighted by atomic mass is 9.85. The first-order chi connectivity index (χ1) is 32.9. The fourth-order valence-corrected chi connectivity index (χ4v) is 9.86. The first kappa shape index (κ1) is 64.6. The first-order valence-corrected chi connectivity index (χ1v) is 29.5. The highest BCUT2D eigenvalue weighted by atomic mass is 31.2. The van der Waals surface area contributed by atoms with Gasteiger partial charge in [0.15, 0.2) is 6.10 Å². The van der Waals surface area contributed by atoms with Crippen LogP contribution in [-0.4, -0.2) is 98.3 Å². The Morgan fingerprint density at radius 2 is 0.765 bits per heavy atom. The van der Waals surface area contributed by atoms with Crippen LogP contribution in [0.1, 0.15) is 264 Å². The Balaban J connectivity index is 2.35. The van der Waals surface area contributed by atoms with Crippen molar-refractivity contribution < 1.29 is 63.1 Å². The quantitative estimate of drug-likeness (QED) is 0.0145. The molecule has 1 saturated carbocycles. The molecule has 6 unspecified atom stereocenters. The van der Waals surface area contributed by atoms with Gasteiger partial charge in [-0.15, -0.1) is 0 Å². The fraction of sp³-hybridized carbons (Fsp3) is 0.926. The number of allylic oxidation sites excluding steroid dienone is 2. The number of unbranched alkanes of at least 4 members (excludes halogenated alkanes) is 34. The van der Waals surface area contributed by atoms with Crippen LogP contribution in [0, 0.1) is 0 Å². The Labute approximate surface area is 413 Å². The maximum atomic E-state index is 12.9. The Morgan fingerprint density at radius 1 is 0.441 bits per heavy atom. The largest absolute Gasteiger partial charge is 0.472 e. The second kappa shape index (κ2) is 44.3. The molecule has 0 aromatic rings. The summed E-state index contributed by atoms with van der Waals surface area (Å²) >= 11 is 0. The average molecular weight is 991 g/mol. The molecule has 0 radical (unpaired) electrons. The van der Waals surface area contributed by atoms with Gasteiger partial charge >= 0.3 is 19.8 Å². The van der Waals surface area contributed by atoms with Gasteiger partial charge in [-0.25, -0.2) is 4.57 Å². The highest BCUT2D eigenvalue weighted by Crippen LogP contribution is 2.47. The maximum Gasteiger partial charge on any atom is 0.472 e. The lowest BCUT2D eigenvalue weighted by Crippen LogP contribution is -2.64. The van der Waals surface area contributed by atoms with Gasteiger partial charge in [-0.05, 0) is 32.1 Å². The number of hydrogen-bond donors (Lipinski definition) is 6. The molecule has 14 heteroatoms. The van der Waals surface area contributed by atoms with E-state index in [1.165, 1.54) is 186 Å². The molecular formula is C54H103O13P. The van der Waals surface area contributed by atoms with Gasteiger partial charge in [0, 0.05) is 12.8 Å². The summed E-state index contributed by atoms with van der Waals surface area (Å²) in [6, 6.07) is 0. The second-order valence-corrected chi connectivity index (χ2v) is 21.2. The molecule has 0 aromatic carbocycles. The minimum atomic E-state index is -5.13. The van der Waals surface area contributed by atoms with Gasteiger partial charge in [-0.2, -0.15) is 0 Å². The monoisotopic (exact) mass is 991 g/mol. The van der Waals surface area contributed by atoms with Gasteiger partial charge < -0.3 is 39.9 Å². The minimum Gasteiger partial charge on any atom is -0.462 e. The number of phosphoric acid groups is 1. The van der Waals surface area contributed by atoms with Crippen molar-refractivity contribution in [3.8, 4) is 0 Å². The molecule has 0 bridgehead atoms. The van der Waals surface area contributed by atoms with Crippen molar-refractivity contribution in [1.29, 1.82) is 0 Å². The highest BCUT2D eigenvalue weighted by molar-refractivity contribution is 7.47. The minimum absolute atomic E-state index is 0.0546. The van der Waals surface area contributed by atoms with Crippen molar-refractivity contribution in [2.75, 3.05) is 13.2 Å². The summed E-state index contributed by atoms with van der Waals surface area (Å²) in [5, 5.41) is 50.3. The van der Waals surface area contributed by atoms with Gasteiger partial charge in [0.2, 0.25) is 0 Å². The molecule has 0 aromatic heterocycles. The molecule has 0 saturated heterocycles. The van der Waals surface area contributed by atoms with E-state index in [0.29, 0.717) is 19.3 Å². The van der Waals surface area contributed by atoms with Crippen LogP contribution in [0.5, 0.6) is 0 Å². The topological polar surface area (TPSA) is 210 Å². The summed E-state index contributed by atoms with van der Waals surface area (Å²) in [6.45, 7) is 3.34. The van der Waals surface area contributed by atoms with Gasteiger partial charge in [0.1, 0.15) is 43.2 Å². The molecule has 0 aliphatic heterocycles. The third-order valence-corrected chi connectivity index (χ3v) is 14.3. The summed E-state index contributed by atoms with van der Waals surface area (Å²) in [5.74, 6) is -1.12. The number of rotatable bonds is 48. The number of carbonyl (C=O) groups excluding carboxylic acids is 2. The van der Waals surface area contributed by atoms with Crippen LogP contribution < -0.4 is 0 Å². The summed E-state index contributed by atoms with van der Waals surface area (Å²) in [4.78, 5) is 35.9. The zero-order valence-corrected chi connectivity index (χ0v) is 44.1. The molecular weight excluding hydrogens is 888 g/mol. The normalized spacial score (nSPS) is 21.0. The standard InChI is InChI=1S/C54H103O13P/c1-3-5-7-9-11-13-15-17-19-21-22-23-24-25-26-27-29-31-33-35-37-39-41-43-48(56)66-46(45-65-68(62,63)67-54-52(60)50(58)49(57)51(59)53(54)61)44-64-47(55)42-40-38-36-34-32-30-28-20-18-16-14-12-10-8-6-4-2/h35,37,46,49-54,57-61H,3-34,36,38-45H2,1-2H3,(H,62,63)/b37-35+/t46-,49?,50-,51?,52?,53?,54?/m1/s1. The fourth-order valence-electron chi connectivity index (χ4n) is 8.88. The van der Waals surface area contributed by atoms with Crippen LogP contribution in [0.15, 0.2) is 12.2 Å². The van der Waals surface area contributed by atoms with Crippen molar-refractivity contribution in [3.05, 3.63) is 12.2 Å². The first-order valence-electron chi connectivity index (χ1n) is 28.0. The molecule has 0 heterocycles. The number of ether oxygens (including phenoxy) is 2. The van der Waals surface area contributed by atoms with Crippen molar-refractivity contribution in [2.24, 2.45) is 0 Å². The third kappa shape index (κ3) is 35.7. The van der Waals surface area contributed by atoms with Crippen molar-refractivity contribution in [1.82, 2.24) is 0 Å². The highest BCUT2D eigenvalue weighted by Gasteiger charge is 2.51. The number of phosphoric ester groups is 1. The molecule has 8 atom stereocenters. The summed E-state index contributed by atoms with van der Waals surface area (Å²) in [6.07, 6.45) is 37.0. The smallest absolute Gasteiger partial charge is 0.462 e. The Hall–Kier alpha value is -1.41. The van der Waals surface area contributed by atoms with Gasteiger partial charge in [-0.3, -0.25) is 18.6 Å². The summed E-state index contributed by atoms with van der Waals surface area (Å²) < 4.78 is 33.7. The van der Waals surface area contributed by atoms with E-state index >= 15 is 0 Å². The Bertz CT molecular complexity index is 1240. The van der Waals surface area contributed by atoms with E-state index in [0.717, 1.165) is 32.1 Å².